The molecule has 0 atom stereocenters. The van der Waals surface area contributed by atoms with Gasteiger partial charge in [0.1, 0.15) is 5.75 Å². The fourth-order valence-corrected chi connectivity index (χ4v) is 3.55. The van der Waals surface area contributed by atoms with Crippen LogP contribution in [-0.4, -0.2) is 32.3 Å². The summed E-state index contributed by atoms with van der Waals surface area (Å²) in [4.78, 5) is 12.7. The Morgan fingerprint density at radius 1 is 1.21 bits per heavy atom. The molecule has 0 fully saturated rings. The maximum absolute atomic E-state index is 12.2. The second-order valence-electron chi connectivity index (χ2n) is 5.97. The number of amides is 1. The first-order valence-electron chi connectivity index (χ1n) is 8.62. The molecular weight excluding hydrogens is 398 g/mol. The van der Waals surface area contributed by atoms with Crippen LogP contribution < -0.4 is 10.1 Å². The first kappa shape index (κ1) is 18.4. The molecule has 0 bridgehead atoms. The van der Waals surface area contributed by atoms with Crippen molar-refractivity contribution < 1.29 is 9.53 Å². The first-order chi connectivity index (χ1) is 13.6. The number of hydrogen-bond acceptors (Lipinski definition) is 6. The van der Waals surface area contributed by atoms with Gasteiger partial charge >= 0.3 is 0 Å². The standard InChI is InChI=1S/C19H16ClN5O2S/c1-2-12-6-8-15(9-7-12)27-11-16(26)21-18-24-25-17(22-23-19(25)28-18)13-4-3-5-14(20)10-13/h3-10H,2,11H2,1H3,(H,21,24,26). The predicted octanol–water partition coefficient (Wildman–Crippen LogP) is 4.09. The Morgan fingerprint density at radius 2 is 2.04 bits per heavy atom. The number of rotatable bonds is 6. The first-order valence-corrected chi connectivity index (χ1v) is 9.81. The highest BCUT2D eigenvalue weighted by Gasteiger charge is 2.15. The van der Waals surface area contributed by atoms with Gasteiger partial charge in [0.25, 0.3) is 5.91 Å². The SMILES string of the molecule is CCc1ccc(OCC(=O)Nc2nn3c(-c4cccc(Cl)c4)nnc3s2)cc1. The summed E-state index contributed by atoms with van der Waals surface area (Å²) in [6.07, 6.45) is 0.957. The molecule has 0 unspecified atom stereocenters. The summed E-state index contributed by atoms with van der Waals surface area (Å²) in [7, 11) is 0. The highest BCUT2D eigenvalue weighted by atomic mass is 35.5. The molecule has 4 aromatic rings. The molecule has 9 heteroatoms. The number of nitrogens with one attached hydrogen (secondary N) is 1. The molecule has 7 nitrogen and oxygen atoms in total. The fourth-order valence-electron chi connectivity index (χ4n) is 2.60. The van der Waals surface area contributed by atoms with E-state index in [4.69, 9.17) is 16.3 Å². The molecule has 0 aliphatic rings. The smallest absolute Gasteiger partial charge is 0.264 e. The number of benzene rings is 2. The van der Waals surface area contributed by atoms with E-state index in [9.17, 15) is 4.79 Å². The van der Waals surface area contributed by atoms with Crippen LogP contribution in [0.5, 0.6) is 5.75 Å². The van der Waals surface area contributed by atoms with Gasteiger partial charge in [0, 0.05) is 10.6 Å². The van der Waals surface area contributed by atoms with Crippen molar-refractivity contribution in [2.24, 2.45) is 0 Å². The van der Waals surface area contributed by atoms with Crippen LogP contribution in [0.3, 0.4) is 0 Å². The zero-order chi connectivity index (χ0) is 19.5. The lowest BCUT2D eigenvalue weighted by molar-refractivity contribution is -0.118. The van der Waals surface area contributed by atoms with Crippen LogP contribution in [0, 0.1) is 0 Å². The van der Waals surface area contributed by atoms with Gasteiger partial charge in [0.2, 0.25) is 10.1 Å². The Kier molecular flexibility index (Phi) is 5.23. The Labute approximate surface area is 169 Å². The zero-order valence-electron chi connectivity index (χ0n) is 14.9. The Morgan fingerprint density at radius 3 is 2.79 bits per heavy atom. The lowest BCUT2D eigenvalue weighted by Crippen LogP contribution is -2.20. The van der Waals surface area contributed by atoms with E-state index in [1.807, 2.05) is 36.4 Å². The Balaban J connectivity index is 1.43. The average Bonchev–Trinajstić information content (AvgIpc) is 3.27. The van der Waals surface area contributed by atoms with Crippen LogP contribution in [0.2, 0.25) is 5.02 Å². The highest BCUT2D eigenvalue weighted by Crippen LogP contribution is 2.25. The third-order valence-electron chi connectivity index (χ3n) is 4.02. The van der Waals surface area contributed by atoms with Gasteiger partial charge in [-0.05, 0) is 36.2 Å². The molecule has 2 heterocycles. The number of halogens is 1. The molecule has 0 saturated heterocycles. The molecule has 2 aromatic carbocycles. The highest BCUT2D eigenvalue weighted by molar-refractivity contribution is 7.20. The summed E-state index contributed by atoms with van der Waals surface area (Å²) >= 11 is 7.27. The van der Waals surface area contributed by atoms with E-state index in [0.717, 1.165) is 12.0 Å². The van der Waals surface area contributed by atoms with Gasteiger partial charge < -0.3 is 4.74 Å². The number of aryl methyl sites for hydroxylation is 1. The van der Waals surface area contributed by atoms with Crippen LogP contribution in [0.4, 0.5) is 5.13 Å². The summed E-state index contributed by atoms with van der Waals surface area (Å²) in [5.41, 5.74) is 2.01. The molecule has 2 aromatic heterocycles. The van der Waals surface area contributed by atoms with E-state index in [1.54, 1.807) is 16.6 Å². The van der Waals surface area contributed by atoms with Gasteiger partial charge in [0.05, 0.1) is 0 Å². The molecule has 142 valence electrons. The minimum Gasteiger partial charge on any atom is -0.484 e. The average molecular weight is 414 g/mol. The van der Waals surface area contributed by atoms with Crippen molar-refractivity contribution in [3.8, 4) is 17.1 Å². The summed E-state index contributed by atoms with van der Waals surface area (Å²) < 4.78 is 7.10. The number of aromatic nitrogens is 4. The van der Waals surface area contributed by atoms with Crippen molar-refractivity contribution in [3.63, 3.8) is 0 Å². The molecule has 1 N–H and O–H groups in total. The largest absolute Gasteiger partial charge is 0.484 e. The number of carbonyl (C=O) groups is 1. The molecule has 28 heavy (non-hydrogen) atoms. The Hall–Kier alpha value is -2.97. The van der Waals surface area contributed by atoms with Crippen LogP contribution in [0.15, 0.2) is 48.5 Å². The molecule has 0 radical (unpaired) electrons. The third kappa shape index (κ3) is 3.97. The number of fused-ring (bicyclic) bond motifs is 1. The summed E-state index contributed by atoms with van der Waals surface area (Å²) in [6.45, 7) is 1.98. The summed E-state index contributed by atoms with van der Waals surface area (Å²) in [5.74, 6) is 0.907. The van der Waals surface area contributed by atoms with Gasteiger partial charge in [-0.25, -0.2) is 0 Å². The van der Waals surface area contributed by atoms with Crippen molar-refractivity contribution in [1.29, 1.82) is 0 Å². The quantitative estimate of drug-likeness (QED) is 0.515. The van der Waals surface area contributed by atoms with Crippen LogP contribution >= 0.6 is 22.9 Å². The maximum atomic E-state index is 12.2. The van der Waals surface area contributed by atoms with Crippen molar-refractivity contribution >= 4 is 38.9 Å². The number of hydrogen-bond donors (Lipinski definition) is 1. The van der Waals surface area contributed by atoms with Crippen molar-refractivity contribution in [3.05, 3.63) is 59.1 Å². The number of ether oxygens (including phenoxy) is 1. The monoisotopic (exact) mass is 413 g/mol. The van der Waals surface area contributed by atoms with E-state index in [-0.39, 0.29) is 12.5 Å². The van der Waals surface area contributed by atoms with Crippen LogP contribution in [0.25, 0.3) is 16.3 Å². The predicted molar refractivity (Wildman–Crippen MR) is 109 cm³/mol. The van der Waals surface area contributed by atoms with Gasteiger partial charge in [0.15, 0.2) is 12.4 Å². The summed E-state index contributed by atoms with van der Waals surface area (Å²) in [6, 6.07) is 14.9. The van der Waals surface area contributed by atoms with E-state index in [2.05, 4.69) is 27.5 Å². The van der Waals surface area contributed by atoms with E-state index in [0.29, 0.717) is 26.7 Å². The van der Waals surface area contributed by atoms with Crippen molar-refractivity contribution in [1.82, 2.24) is 19.8 Å². The molecule has 0 aliphatic carbocycles. The molecule has 0 saturated carbocycles. The van der Waals surface area contributed by atoms with Crippen molar-refractivity contribution in [2.75, 3.05) is 11.9 Å². The number of carbonyl (C=O) groups excluding carboxylic acids is 1. The number of nitrogens with zero attached hydrogens (tertiary/aromatic N) is 4. The van der Waals surface area contributed by atoms with E-state index < -0.39 is 0 Å². The zero-order valence-corrected chi connectivity index (χ0v) is 16.5. The normalized spacial score (nSPS) is 10.9. The van der Waals surface area contributed by atoms with E-state index >= 15 is 0 Å². The topological polar surface area (TPSA) is 81.4 Å². The van der Waals surface area contributed by atoms with Gasteiger partial charge in [-0.2, -0.15) is 4.52 Å². The lowest BCUT2D eigenvalue weighted by Gasteiger charge is -2.06. The minimum absolute atomic E-state index is 0.104. The van der Waals surface area contributed by atoms with Crippen molar-refractivity contribution in [2.45, 2.75) is 13.3 Å². The maximum Gasteiger partial charge on any atom is 0.264 e. The van der Waals surface area contributed by atoms with Gasteiger partial charge in [-0.15, -0.1) is 15.3 Å². The molecule has 0 spiro atoms. The van der Waals surface area contributed by atoms with E-state index in [1.165, 1.54) is 16.9 Å². The van der Waals surface area contributed by atoms with Crippen LogP contribution in [0.1, 0.15) is 12.5 Å². The molecule has 0 aliphatic heterocycles. The molecular formula is C19H16ClN5O2S. The molecule has 4 rings (SSSR count). The second kappa shape index (κ2) is 7.95. The Bertz CT molecular complexity index is 1120. The lowest BCUT2D eigenvalue weighted by atomic mass is 10.2. The van der Waals surface area contributed by atoms with Crippen LogP contribution in [-0.2, 0) is 11.2 Å². The van der Waals surface area contributed by atoms with Gasteiger partial charge in [-0.3, -0.25) is 10.1 Å². The minimum atomic E-state index is -0.297. The summed E-state index contributed by atoms with van der Waals surface area (Å²) in [5, 5.41) is 16.4. The second-order valence-corrected chi connectivity index (χ2v) is 7.36. The third-order valence-corrected chi connectivity index (χ3v) is 5.07. The van der Waals surface area contributed by atoms with Gasteiger partial charge in [-0.1, -0.05) is 54.1 Å². The molecule has 1 amide bonds. The number of anilines is 1. The fraction of sp³-hybridized carbons (Fsp3) is 0.158.